The van der Waals surface area contributed by atoms with Crippen LogP contribution in [0.4, 0.5) is 13.2 Å². The molecule has 0 aliphatic rings. The van der Waals surface area contributed by atoms with Crippen LogP contribution in [0.3, 0.4) is 0 Å². The van der Waals surface area contributed by atoms with Crippen molar-refractivity contribution in [2.24, 2.45) is 0 Å². The van der Waals surface area contributed by atoms with Gasteiger partial charge in [0.15, 0.2) is 0 Å². The van der Waals surface area contributed by atoms with Gasteiger partial charge in [-0.05, 0) is 30.7 Å². The Kier molecular flexibility index (Phi) is 5.56. The number of hydrogen-bond donors (Lipinski definition) is 1. The minimum absolute atomic E-state index is 0. The predicted molar refractivity (Wildman–Crippen MR) is 63.0 cm³/mol. The molecule has 0 aliphatic carbocycles. The van der Waals surface area contributed by atoms with E-state index in [4.69, 9.17) is 4.42 Å². The Bertz CT molecular complexity index is 524. The van der Waals surface area contributed by atoms with Crippen molar-refractivity contribution < 1.29 is 37.1 Å². The Hall–Kier alpha value is -0.867. The summed E-state index contributed by atoms with van der Waals surface area (Å²) < 4.78 is 44.0. The van der Waals surface area contributed by atoms with E-state index in [0.717, 1.165) is 6.54 Å². The van der Waals surface area contributed by atoms with E-state index in [9.17, 15) is 13.2 Å². The third-order valence-electron chi connectivity index (χ3n) is 2.68. The molecular formula is C13H13F3NORu. The average Bonchev–Trinajstić information content (AvgIpc) is 2.75. The van der Waals surface area contributed by atoms with Gasteiger partial charge in [0.05, 0.1) is 6.26 Å². The molecular weight excluding hydrogens is 344 g/mol. The Morgan fingerprint density at radius 1 is 1.32 bits per heavy atom. The van der Waals surface area contributed by atoms with Crippen molar-refractivity contribution in [2.75, 3.05) is 6.54 Å². The van der Waals surface area contributed by atoms with Crippen molar-refractivity contribution in [1.82, 2.24) is 5.32 Å². The number of nitrogens with one attached hydrogen (secondary N) is 1. The molecule has 1 atom stereocenters. The van der Waals surface area contributed by atoms with E-state index in [2.05, 4.69) is 5.32 Å². The fourth-order valence-corrected chi connectivity index (χ4v) is 1.79. The quantitative estimate of drug-likeness (QED) is 0.664. The maximum Gasteiger partial charge on any atom is 1.00 e. The molecule has 1 radical (unpaired) electrons. The molecule has 6 heteroatoms. The second kappa shape index (κ2) is 6.53. The first-order valence-corrected chi connectivity index (χ1v) is 5.63. The van der Waals surface area contributed by atoms with E-state index in [1.165, 1.54) is 18.4 Å². The molecule has 1 unspecified atom stereocenters. The van der Waals surface area contributed by atoms with Crippen LogP contribution in [0.1, 0.15) is 18.4 Å². The molecule has 2 rings (SSSR count). The smallest absolute Gasteiger partial charge is 0.469 e. The SMILES string of the molecule is CCN[CH-]C(c1ccc2occc2c1)C(F)(F)F.[Ru+]. The first-order valence-electron chi connectivity index (χ1n) is 5.63. The summed E-state index contributed by atoms with van der Waals surface area (Å²) in [6, 6.07) is 6.16. The maximum absolute atomic E-state index is 13.0. The molecule has 1 aromatic carbocycles. The van der Waals surface area contributed by atoms with Gasteiger partial charge in [0.2, 0.25) is 0 Å². The van der Waals surface area contributed by atoms with Crippen molar-refractivity contribution in [1.29, 1.82) is 0 Å². The number of fused-ring (bicyclic) bond motifs is 1. The van der Waals surface area contributed by atoms with Crippen LogP contribution >= 0.6 is 0 Å². The summed E-state index contributed by atoms with van der Waals surface area (Å²) in [5.74, 6) is -1.61. The number of hydrogen-bond acceptors (Lipinski definition) is 2. The number of likely N-dealkylation sites (N-methyl/N-ethyl adjacent to an activating group) is 1. The molecule has 0 aliphatic heterocycles. The first-order chi connectivity index (χ1) is 8.52. The van der Waals surface area contributed by atoms with Crippen molar-refractivity contribution in [3.05, 3.63) is 42.6 Å². The van der Waals surface area contributed by atoms with Gasteiger partial charge in [-0.25, -0.2) is 0 Å². The molecule has 0 amide bonds. The monoisotopic (exact) mass is 358 g/mol. The Morgan fingerprint density at radius 2 is 2.05 bits per heavy atom. The number of halogens is 3. The molecule has 0 saturated heterocycles. The van der Waals surface area contributed by atoms with Gasteiger partial charge in [0.1, 0.15) is 5.58 Å². The van der Waals surface area contributed by atoms with Gasteiger partial charge in [-0.2, -0.15) is 13.2 Å². The van der Waals surface area contributed by atoms with Gasteiger partial charge in [0, 0.05) is 5.39 Å². The normalized spacial score (nSPS) is 13.3. The fraction of sp³-hybridized carbons (Fsp3) is 0.308. The summed E-state index contributed by atoms with van der Waals surface area (Å²) >= 11 is 0. The number of alkyl halides is 3. The van der Waals surface area contributed by atoms with E-state index in [1.807, 2.05) is 0 Å². The minimum Gasteiger partial charge on any atom is -0.469 e. The van der Waals surface area contributed by atoms with Crippen LogP contribution in [0.5, 0.6) is 0 Å². The van der Waals surface area contributed by atoms with E-state index in [0.29, 0.717) is 17.5 Å². The average molecular weight is 357 g/mol. The Morgan fingerprint density at radius 3 is 2.68 bits per heavy atom. The van der Waals surface area contributed by atoms with E-state index >= 15 is 0 Å². The van der Waals surface area contributed by atoms with Crippen LogP contribution in [0.25, 0.3) is 11.0 Å². The number of benzene rings is 1. The zero-order chi connectivity index (χ0) is 13.2. The van der Waals surface area contributed by atoms with Crippen LogP contribution in [-0.2, 0) is 19.5 Å². The molecule has 0 spiro atoms. The number of rotatable bonds is 4. The van der Waals surface area contributed by atoms with Gasteiger partial charge in [-0.3, -0.25) is 6.54 Å². The third kappa shape index (κ3) is 3.80. The van der Waals surface area contributed by atoms with Gasteiger partial charge in [0.25, 0.3) is 0 Å². The molecule has 0 fully saturated rings. The topological polar surface area (TPSA) is 25.2 Å². The summed E-state index contributed by atoms with van der Waals surface area (Å²) in [7, 11) is 0. The standard InChI is InChI=1S/C13H13F3NO.Ru/c1-2-17-8-11(13(14,15)16)9-3-4-12-10(7-9)5-6-18-12;/h3-8,11,17H,2H2,1H3;/q-1;+1. The van der Waals surface area contributed by atoms with Crippen LogP contribution in [0, 0.1) is 6.54 Å². The van der Waals surface area contributed by atoms with Crippen LogP contribution in [0.15, 0.2) is 34.9 Å². The summed E-state index contributed by atoms with van der Waals surface area (Å²) in [6.07, 6.45) is -2.84. The number of furan rings is 1. The Labute approximate surface area is 122 Å². The fourth-order valence-electron chi connectivity index (χ4n) is 1.79. The van der Waals surface area contributed by atoms with Crippen molar-refractivity contribution >= 4 is 11.0 Å². The van der Waals surface area contributed by atoms with Crippen molar-refractivity contribution in [3.63, 3.8) is 0 Å². The van der Waals surface area contributed by atoms with Crippen LogP contribution in [-0.4, -0.2) is 12.7 Å². The summed E-state index contributed by atoms with van der Waals surface area (Å²) in [5, 5.41) is 3.30. The van der Waals surface area contributed by atoms with Gasteiger partial charge in [-0.1, -0.05) is 18.6 Å². The molecule has 0 bridgehead atoms. The zero-order valence-electron chi connectivity index (χ0n) is 10.1. The molecule has 1 heterocycles. The molecule has 105 valence electrons. The predicted octanol–water partition coefficient (Wildman–Crippen LogP) is 3.85. The van der Waals surface area contributed by atoms with Gasteiger partial charge >= 0.3 is 25.7 Å². The maximum atomic E-state index is 13.0. The molecule has 1 N–H and O–H groups in total. The van der Waals surface area contributed by atoms with Gasteiger partial charge < -0.3 is 9.73 Å². The summed E-state index contributed by atoms with van der Waals surface area (Å²) in [5.41, 5.74) is 0.792. The first kappa shape index (κ1) is 16.2. The second-order valence-corrected chi connectivity index (χ2v) is 3.96. The Balaban J connectivity index is 0.00000180. The summed E-state index contributed by atoms with van der Waals surface area (Å²) in [4.78, 5) is 0. The molecule has 2 aromatic rings. The van der Waals surface area contributed by atoms with E-state index < -0.39 is 12.1 Å². The van der Waals surface area contributed by atoms with Gasteiger partial charge in [-0.15, -0.1) is 0 Å². The van der Waals surface area contributed by atoms with Crippen molar-refractivity contribution in [2.45, 2.75) is 19.0 Å². The van der Waals surface area contributed by atoms with E-state index in [-0.39, 0.29) is 25.0 Å². The molecule has 19 heavy (non-hydrogen) atoms. The minimum atomic E-state index is -4.31. The molecule has 0 saturated carbocycles. The largest absolute Gasteiger partial charge is 1.00 e. The van der Waals surface area contributed by atoms with Crippen LogP contribution < -0.4 is 5.32 Å². The third-order valence-corrected chi connectivity index (χ3v) is 2.68. The second-order valence-electron chi connectivity index (χ2n) is 3.96. The molecule has 2 nitrogen and oxygen atoms in total. The van der Waals surface area contributed by atoms with E-state index in [1.54, 1.807) is 19.1 Å². The summed E-state index contributed by atoms with van der Waals surface area (Å²) in [6.45, 7) is 3.30. The zero-order valence-corrected chi connectivity index (χ0v) is 11.9. The molecule has 1 aromatic heterocycles. The van der Waals surface area contributed by atoms with Crippen molar-refractivity contribution in [3.8, 4) is 0 Å². The van der Waals surface area contributed by atoms with Crippen LogP contribution in [0.2, 0.25) is 0 Å².